The molecule has 0 aliphatic heterocycles. The maximum atomic E-state index is 10.9. The van der Waals surface area contributed by atoms with E-state index in [0.29, 0.717) is 5.69 Å². The van der Waals surface area contributed by atoms with Crippen LogP contribution in [-0.2, 0) is 0 Å². The lowest BCUT2D eigenvalue weighted by Gasteiger charge is -2.15. The van der Waals surface area contributed by atoms with Gasteiger partial charge in [0.05, 0.1) is 16.2 Å². The van der Waals surface area contributed by atoms with Crippen molar-refractivity contribution < 1.29 is 4.79 Å². The fraction of sp³-hybridized carbons (Fsp3) is 0.0625. The van der Waals surface area contributed by atoms with Crippen molar-refractivity contribution in [3.05, 3.63) is 81.8 Å². The summed E-state index contributed by atoms with van der Waals surface area (Å²) < 4.78 is 0.940. The Morgan fingerprint density at radius 2 is 1.60 bits per heavy atom. The van der Waals surface area contributed by atoms with Gasteiger partial charge in [-0.05, 0) is 45.8 Å². The Morgan fingerprint density at radius 1 is 0.900 bits per heavy atom. The highest BCUT2D eigenvalue weighted by atomic mass is 79.9. The summed E-state index contributed by atoms with van der Waals surface area (Å²) in [5.74, 6) is 0.0520. The molecule has 0 fully saturated rings. The molecule has 20 heavy (non-hydrogen) atoms. The molecule has 0 aliphatic rings. The van der Waals surface area contributed by atoms with Crippen LogP contribution in [0.2, 0.25) is 0 Å². The van der Waals surface area contributed by atoms with Crippen LogP contribution in [-0.4, -0.2) is 16.3 Å². The van der Waals surface area contributed by atoms with Gasteiger partial charge in [0.15, 0.2) is 6.29 Å². The van der Waals surface area contributed by atoms with Gasteiger partial charge in [0.1, 0.15) is 0 Å². The predicted molar refractivity (Wildman–Crippen MR) is 82.1 cm³/mol. The number of carbonyl (C=O) groups excluding carboxylic acids is 1. The van der Waals surface area contributed by atoms with E-state index in [1.165, 1.54) is 5.56 Å². The number of rotatable bonds is 4. The maximum absolute atomic E-state index is 10.9. The van der Waals surface area contributed by atoms with E-state index in [0.717, 1.165) is 22.3 Å². The van der Waals surface area contributed by atoms with Gasteiger partial charge < -0.3 is 9.97 Å². The molecule has 3 rings (SSSR count). The van der Waals surface area contributed by atoms with Gasteiger partial charge in [-0.15, -0.1) is 0 Å². The second-order valence-corrected chi connectivity index (χ2v) is 5.45. The number of hydrogen-bond donors (Lipinski definition) is 2. The first-order valence-electron chi connectivity index (χ1n) is 6.31. The Balaban J connectivity index is 2.10. The first-order valence-corrected chi connectivity index (χ1v) is 7.10. The number of aromatic nitrogens is 2. The van der Waals surface area contributed by atoms with E-state index in [1.54, 1.807) is 6.07 Å². The third-order valence-corrected chi connectivity index (χ3v) is 3.75. The maximum Gasteiger partial charge on any atom is 0.166 e. The second-order valence-electron chi connectivity index (χ2n) is 4.59. The number of aldehydes is 1. The average Bonchev–Trinajstić information content (AvgIpc) is 3.10. The topological polar surface area (TPSA) is 48.6 Å². The molecule has 2 heterocycles. The molecule has 0 saturated carbocycles. The van der Waals surface area contributed by atoms with Crippen molar-refractivity contribution in [1.82, 2.24) is 9.97 Å². The summed E-state index contributed by atoms with van der Waals surface area (Å²) in [6.07, 6.45) is 0.830. The van der Waals surface area contributed by atoms with Crippen molar-refractivity contribution in [2.75, 3.05) is 0 Å². The van der Waals surface area contributed by atoms with E-state index < -0.39 is 0 Å². The number of halogens is 1. The Morgan fingerprint density at radius 3 is 2.20 bits per heavy atom. The SMILES string of the molecule is O=Cc1ccc(C(c2ccccc2)c2ccc(Br)[nH]2)[nH]1. The van der Waals surface area contributed by atoms with E-state index in [-0.39, 0.29) is 5.92 Å². The number of nitrogens with one attached hydrogen (secondary N) is 2. The van der Waals surface area contributed by atoms with Crippen LogP contribution in [0.4, 0.5) is 0 Å². The smallest absolute Gasteiger partial charge is 0.166 e. The second kappa shape index (κ2) is 5.51. The van der Waals surface area contributed by atoms with E-state index in [9.17, 15) is 4.79 Å². The van der Waals surface area contributed by atoms with Crippen molar-refractivity contribution in [3.63, 3.8) is 0 Å². The minimum atomic E-state index is 0.0520. The molecule has 100 valence electrons. The molecule has 1 aromatic carbocycles. The zero-order chi connectivity index (χ0) is 13.9. The Kier molecular flexibility index (Phi) is 3.56. The van der Waals surface area contributed by atoms with Gasteiger partial charge in [-0.1, -0.05) is 30.3 Å². The van der Waals surface area contributed by atoms with Gasteiger partial charge in [-0.2, -0.15) is 0 Å². The van der Waals surface area contributed by atoms with Crippen molar-refractivity contribution >= 4 is 22.2 Å². The fourth-order valence-electron chi connectivity index (χ4n) is 2.39. The molecule has 2 aromatic heterocycles. The van der Waals surface area contributed by atoms with E-state index in [4.69, 9.17) is 0 Å². The largest absolute Gasteiger partial charge is 0.355 e. The van der Waals surface area contributed by atoms with Crippen LogP contribution in [0.25, 0.3) is 0 Å². The van der Waals surface area contributed by atoms with Crippen molar-refractivity contribution in [2.24, 2.45) is 0 Å². The number of H-pyrrole nitrogens is 2. The lowest BCUT2D eigenvalue weighted by molar-refractivity contribution is 0.111. The monoisotopic (exact) mass is 328 g/mol. The molecule has 0 saturated heterocycles. The van der Waals surface area contributed by atoms with Gasteiger partial charge in [0.25, 0.3) is 0 Å². The molecule has 0 amide bonds. The average molecular weight is 329 g/mol. The number of aromatic amines is 2. The van der Waals surface area contributed by atoms with Gasteiger partial charge in [-0.25, -0.2) is 0 Å². The lowest BCUT2D eigenvalue weighted by atomic mass is 9.93. The van der Waals surface area contributed by atoms with Crippen LogP contribution in [0.1, 0.15) is 33.4 Å². The van der Waals surface area contributed by atoms with Crippen molar-refractivity contribution in [1.29, 1.82) is 0 Å². The normalized spacial score (nSPS) is 12.2. The van der Waals surface area contributed by atoms with Gasteiger partial charge in [0.2, 0.25) is 0 Å². The predicted octanol–water partition coefficient (Wildman–Crippen LogP) is 4.10. The van der Waals surface area contributed by atoms with E-state index in [2.05, 4.69) is 38.0 Å². The first-order chi connectivity index (χ1) is 9.78. The Bertz CT molecular complexity index is 715. The summed E-state index contributed by atoms with van der Waals surface area (Å²) in [6, 6.07) is 18.0. The Labute approximate surface area is 125 Å². The van der Waals surface area contributed by atoms with E-state index in [1.807, 2.05) is 36.4 Å². The summed E-state index contributed by atoms with van der Waals surface area (Å²) in [6.45, 7) is 0. The zero-order valence-corrected chi connectivity index (χ0v) is 12.2. The Hall–Kier alpha value is -2.07. The molecule has 1 unspecified atom stereocenters. The van der Waals surface area contributed by atoms with Crippen LogP contribution >= 0.6 is 15.9 Å². The molecular weight excluding hydrogens is 316 g/mol. The first kappa shape index (κ1) is 12.9. The standard InChI is InChI=1S/C16H13BrN2O/c17-15-9-8-14(19-15)16(11-4-2-1-3-5-11)13-7-6-12(10-20)18-13/h1-10,16,18-19H. The summed E-state index contributed by atoms with van der Waals surface area (Å²) in [4.78, 5) is 17.3. The highest BCUT2D eigenvalue weighted by Crippen LogP contribution is 2.31. The van der Waals surface area contributed by atoms with Gasteiger partial charge in [-0.3, -0.25) is 4.79 Å². The molecule has 4 heteroatoms. The van der Waals surface area contributed by atoms with Crippen LogP contribution in [0, 0.1) is 0 Å². The molecule has 2 N–H and O–H groups in total. The van der Waals surface area contributed by atoms with Crippen LogP contribution < -0.4 is 0 Å². The zero-order valence-electron chi connectivity index (χ0n) is 10.6. The molecule has 0 bridgehead atoms. The number of benzene rings is 1. The van der Waals surface area contributed by atoms with Crippen molar-refractivity contribution in [2.45, 2.75) is 5.92 Å². The quantitative estimate of drug-likeness (QED) is 0.696. The van der Waals surface area contributed by atoms with Crippen LogP contribution in [0.3, 0.4) is 0 Å². The molecule has 0 aliphatic carbocycles. The third-order valence-electron chi connectivity index (χ3n) is 3.29. The van der Waals surface area contributed by atoms with Gasteiger partial charge >= 0.3 is 0 Å². The highest BCUT2D eigenvalue weighted by molar-refractivity contribution is 9.10. The van der Waals surface area contributed by atoms with Gasteiger partial charge in [0, 0.05) is 11.4 Å². The molecule has 0 spiro atoms. The minimum absolute atomic E-state index is 0.0520. The van der Waals surface area contributed by atoms with Crippen molar-refractivity contribution in [3.8, 4) is 0 Å². The summed E-state index contributed by atoms with van der Waals surface area (Å²) in [5.41, 5.74) is 3.82. The number of carbonyl (C=O) groups is 1. The molecule has 1 atom stereocenters. The molecule has 3 aromatic rings. The summed E-state index contributed by atoms with van der Waals surface area (Å²) in [5, 5.41) is 0. The van der Waals surface area contributed by atoms with Crippen LogP contribution in [0.15, 0.2) is 59.2 Å². The summed E-state index contributed by atoms with van der Waals surface area (Å²) in [7, 11) is 0. The third kappa shape index (κ3) is 2.47. The highest BCUT2D eigenvalue weighted by Gasteiger charge is 2.19. The molecular formula is C16H13BrN2O. The van der Waals surface area contributed by atoms with Crippen LogP contribution in [0.5, 0.6) is 0 Å². The molecule has 3 nitrogen and oxygen atoms in total. The minimum Gasteiger partial charge on any atom is -0.355 e. The van der Waals surface area contributed by atoms with E-state index >= 15 is 0 Å². The lowest BCUT2D eigenvalue weighted by Crippen LogP contribution is -2.04. The number of hydrogen-bond acceptors (Lipinski definition) is 1. The summed E-state index contributed by atoms with van der Waals surface area (Å²) >= 11 is 3.44. The molecule has 0 radical (unpaired) electrons. The fourth-order valence-corrected chi connectivity index (χ4v) is 2.75.